The van der Waals surface area contributed by atoms with Gasteiger partial charge in [0.25, 0.3) is 0 Å². The van der Waals surface area contributed by atoms with Crippen molar-refractivity contribution < 1.29 is 9.84 Å². The van der Waals surface area contributed by atoms with Crippen molar-refractivity contribution in [3.05, 3.63) is 0 Å². The molecule has 1 aliphatic rings. The molecule has 1 atom stereocenters. The second-order valence-corrected chi connectivity index (χ2v) is 5.03. The summed E-state index contributed by atoms with van der Waals surface area (Å²) in [7, 11) is 0. The van der Waals surface area contributed by atoms with E-state index in [-0.39, 0.29) is 0 Å². The molecule has 0 saturated heterocycles. The van der Waals surface area contributed by atoms with Gasteiger partial charge in [-0.2, -0.15) is 0 Å². The SMILES string of the molecule is CC(O)(CN)CCOCC1CCCCC1. The van der Waals surface area contributed by atoms with E-state index in [0.717, 1.165) is 12.5 Å². The van der Waals surface area contributed by atoms with Crippen LogP contribution >= 0.6 is 0 Å². The molecule has 1 rings (SSSR count). The highest BCUT2D eigenvalue weighted by Gasteiger charge is 2.18. The van der Waals surface area contributed by atoms with Crippen LogP contribution in [0.2, 0.25) is 0 Å². The fourth-order valence-corrected chi connectivity index (χ4v) is 2.00. The Hall–Kier alpha value is -0.120. The predicted molar refractivity (Wildman–Crippen MR) is 61.7 cm³/mol. The fraction of sp³-hybridized carbons (Fsp3) is 1.00. The van der Waals surface area contributed by atoms with Gasteiger partial charge in [-0.05, 0) is 25.7 Å². The average Bonchev–Trinajstić information content (AvgIpc) is 2.26. The zero-order valence-electron chi connectivity index (χ0n) is 9.87. The first-order chi connectivity index (χ1) is 7.14. The lowest BCUT2D eigenvalue weighted by Crippen LogP contribution is -2.35. The molecule has 90 valence electrons. The van der Waals surface area contributed by atoms with Crippen LogP contribution < -0.4 is 5.73 Å². The molecule has 15 heavy (non-hydrogen) atoms. The molecule has 0 aromatic heterocycles. The normalized spacial score (nSPS) is 22.6. The summed E-state index contributed by atoms with van der Waals surface area (Å²) in [6, 6.07) is 0. The van der Waals surface area contributed by atoms with Gasteiger partial charge in [0.2, 0.25) is 0 Å². The van der Waals surface area contributed by atoms with E-state index in [4.69, 9.17) is 10.5 Å². The van der Waals surface area contributed by atoms with Crippen molar-refractivity contribution in [3.8, 4) is 0 Å². The molecule has 0 aromatic carbocycles. The van der Waals surface area contributed by atoms with E-state index in [1.54, 1.807) is 6.92 Å². The lowest BCUT2D eigenvalue weighted by molar-refractivity contribution is 0.00991. The largest absolute Gasteiger partial charge is 0.389 e. The quantitative estimate of drug-likeness (QED) is 0.663. The van der Waals surface area contributed by atoms with E-state index in [2.05, 4.69) is 0 Å². The van der Waals surface area contributed by atoms with E-state index in [1.165, 1.54) is 32.1 Å². The minimum Gasteiger partial charge on any atom is -0.389 e. The monoisotopic (exact) mass is 215 g/mol. The van der Waals surface area contributed by atoms with E-state index in [1.807, 2.05) is 0 Å². The number of hydrogen-bond acceptors (Lipinski definition) is 3. The van der Waals surface area contributed by atoms with Gasteiger partial charge in [-0.15, -0.1) is 0 Å². The summed E-state index contributed by atoms with van der Waals surface area (Å²) in [4.78, 5) is 0. The third kappa shape index (κ3) is 5.50. The highest BCUT2D eigenvalue weighted by atomic mass is 16.5. The highest BCUT2D eigenvalue weighted by Crippen LogP contribution is 2.23. The topological polar surface area (TPSA) is 55.5 Å². The number of hydrogen-bond donors (Lipinski definition) is 2. The zero-order chi connectivity index (χ0) is 11.1. The minimum absolute atomic E-state index is 0.305. The number of ether oxygens (including phenoxy) is 1. The maximum Gasteiger partial charge on any atom is 0.0763 e. The Balaban J connectivity index is 2.00. The molecule has 0 aliphatic heterocycles. The van der Waals surface area contributed by atoms with Crippen LogP contribution in [-0.4, -0.2) is 30.5 Å². The Kier molecular flexibility index (Phi) is 5.58. The maximum atomic E-state index is 9.66. The first-order valence-corrected chi connectivity index (χ1v) is 6.14. The van der Waals surface area contributed by atoms with Gasteiger partial charge >= 0.3 is 0 Å². The first-order valence-electron chi connectivity index (χ1n) is 6.14. The average molecular weight is 215 g/mol. The molecule has 1 saturated carbocycles. The summed E-state index contributed by atoms with van der Waals surface area (Å²) in [6.45, 7) is 3.55. The zero-order valence-corrected chi connectivity index (χ0v) is 9.87. The van der Waals surface area contributed by atoms with Gasteiger partial charge in [0.1, 0.15) is 0 Å². The molecule has 0 heterocycles. The molecule has 3 heteroatoms. The Morgan fingerprint density at radius 1 is 1.33 bits per heavy atom. The molecule has 1 aliphatic carbocycles. The lowest BCUT2D eigenvalue weighted by atomic mass is 9.90. The van der Waals surface area contributed by atoms with Gasteiger partial charge in [-0.1, -0.05) is 19.3 Å². The third-order valence-corrected chi connectivity index (χ3v) is 3.30. The first kappa shape index (κ1) is 12.9. The van der Waals surface area contributed by atoms with Crippen LogP contribution in [0.4, 0.5) is 0 Å². The summed E-state index contributed by atoms with van der Waals surface area (Å²) < 4.78 is 5.60. The second-order valence-electron chi connectivity index (χ2n) is 5.03. The molecule has 1 unspecified atom stereocenters. The van der Waals surface area contributed by atoms with Gasteiger partial charge in [0, 0.05) is 26.2 Å². The highest BCUT2D eigenvalue weighted by molar-refractivity contribution is 4.72. The van der Waals surface area contributed by atoms with E-state index < -0.39 is 5.60 Å². The van der Waals surface area contributed by atoms with Crippen molar-refractivity contribution in [2.75, 3.05) is 19.8 Å². The van der Waals surface area contributed by atoms with Crippen molar-refractivity contribution in [1.29, 1.82) is 0 Å². The van der Waals surface area contributed by atoms with Crippen LogP contribution in [-0.2, 0) is 4.74 Å². The van der Waals surface area contributed by atoms with Crippen molar-refractivity contribution >= 4 is 0 Å². The fourth-order valence-electron chi connectivity index (χ4n) is 2.00. The summed E-state index contributed by atoms with van der Waals surface area (Å²) in [5.74, 6) is 0.751. The number of nitrogens with two attached hydrogens (primary N) is 1. The minimum atomic E-state index is -0.757. The van der Waals surface area contributed by atoms with Crippen molar-refractivity contribution in [1.82, 2.24) is 0 Å². The van der Waals surface area contributed by atoms with E-state index in [9.17, 15) is 5.11 Å². The Bertz CT molecular complexity index is 165. The maximum absolute atomic E-state index is 9.66. The van der Waals surface area contributed by atoms with E-state index >= 15 is 0 Å². The number of rotatable bonds is 6. The van der Waals surface area contributed by atoms with E-state index in [0.29, 0.717) is 19.6 Å². The van der Waals surface area contributed by atoms with Crippen LogP contribution in [0.3, 0.4) is 0 Å². The molecule has 3 nitrogen and oxygen atoms in total. The Labute approximate surface area is 93.0 Å². The van der Waals surface area contributed by atoms with Crippen LogP contribution in [0.25, 0.3) is 0 Å². The van der Waals surface area contributed by atoms with Gasteiger partial charge < -0.3 is 15.6 Å². The van der Waals surface area contributed by atoms with Gasteiger partial charge in [0.05, 0.1) is 5.60 Å². The molecular formula is C12H25NO2. The summed E-state index contributed by atoms with van der Waals surface area (Å²) in [5, 5.41) is 9.66. The van der Waals surface area contributed by atoms with Crippen molar-refractivity contribution in [2.24, 2.45) is 11.7 Å². The summed E-state index contributed by atoms with van der Waals surface area (Å²) in [5.41, 5.74) is 4.67. The van der Waals surface area contributed by atoms with Crippen LogP contribution in [0, 0.1) is 5.92 Å². The van der Waals surface area contributed by atoms with Crippen LogP contribution in [0.5, 0.6) is 0 Å². The Morgan fingerprint density at radius 2 is 2.00 bits per heavy atom. The number of aliphatic hydroxyl groups is 1. The second kappa shape index (κ2) is 6.46. The summed E-state index contributed by atoms with van der Waals surface area (Å²) in [6.07, 6.45) is 7.36. The molecule has 0 spiro atoms. The van der Waals surface area contributed by atoms with Gasteiger partial charge in [-0.25, -0.2) is 0 Å². The molecular weight excluding hydrogens is 190 g/mol. The molecule has 0 bridgehead atoms. The summed E-state index contributed by atoms with van der Waals surface area (Å²) >= 11 is 0. The Morgan fingerprint density at radius 3 is 2.60 bits per heavy atom. The molecule has 0 aromatic rings. The smallest absolute Gasteiger partial charge is 0.0763 e. The van der Waals surface area contributed by atoms with Gasteiger partial charge in [0.15, 0.2) is 0 Å². The molecule has 3 N–H and O–H groups in total. The van der Waals surface area contributed by atoms with Crippen LogP contribution in [0.15, 0.2) is 0 Å². The third-order valence-electron chi connectivity index (χ3n) is 3.30. The standard InChI is InChI=1S/C12H25NO2/c1-12(14,10-13)7-8-15-9-11-5-3-2-4-6-11/h11,14H,2-10,13H2,1H3. The van der Waals surface area contributed by atoms with Crippen molar-refractivity contribution in [2.45, 2.75) is 51.0 Å². The molecule has 1 fully saturated rings. The predicted octanol–water partition coefficient (Wildman–Crippen LogP) is 1.68. The molecule has 0 radical (unpaired) electrons. The molecule has 0 amide bonds. The van der Waals surface area contributed by atoms with Crippen molar-refractivity contribution in [3.63, 3.8) is 0 Å². The van der Waals surface area contributed by atoms with Gasteiger partial charge in [-0.3, -0.25) is 0 Å². The van der Waals surface area contributed by atoms with Crippen LogP contribution in [0.1, 0.15) is 45.4 Å². The lowest BCUT2D eigenvalue weighted by Gasteiger charge is -2.23.